The normalized spacial score (nSPS) is 10.8. The van der Waals surface area contributed by atoms with Gasteiger partial charge < -0.3 is 14.7 Å². The molecule has 0 amide bonds. The van der Waals surface area contributed by atoms with Gasteiger partial charge in [0.25, 0.3) is 5.89 Å². The summed E-state index contributed by atoms with van der Waals surface area (Å²) in [5.41, 5.74) is 9.40. The Kier molecular flexibility index (Phi) is 4.81. The minimum absolute atomic E-state index is 0. The predicted octanol–water partition coefficient (Wildman–Crippen LogP) is 4.52. The largest absolute Gasteiger partial charge is 0.420 e. The monoisotopic (exact) mass is 374 g/mol. The summed E-state index contributed by atoms with van der Waals surface area (Å²) in [6.07, 6.45) is 0. The number of benzene rings is 2. The number of nitrogens with two attached hydrogens (primary N) is 1. The zero-order chi connectivity index (χ0) is 16.7. The number of aryl methyl sites for hydroxylation is 1. The highest BCUT2D eigenvalue weighted by Crippen LogP contribution is 2.39. The minimum Gasteiger partial charge on any atom is -0.420 e. The van der Waals surface area contributed by atoms with Crippen molar-refractivity contribution in [2.45, 2.75) is 13.5 Å². The fourth-order valence-electron chi connectivity index (χ4n) is 2.83. The molecule has 0 aliphatic heterocycles. The molecule has 0 atom stereocenters. The van der Waals surface area contributed by atoms with Gasteiger partial charge in [-0.25, -0.2) is 0 Å². The van der Waals surface area contributed by atoms with Crippen molar-refractivity contribution in [3.63, 3.8) is 0 Å². The summed E-state index contributed by atoms with van der Waals surface area (Å²) >= 11 is 6.65. The molecule has 0 spiro atoms. The lowest BCUT2D eigenvalue weighted by Crippen LogP contribution is -2.00. The molecule has 2 aromatic carbocycles. The van der Waals surface area contributed by atoms with Crippen LogP contribution < -0.4 is 5.73 Å². The molecule has 0 saturated heterocycles. The molecule has 2 aromatic heterocycles. The molecule has 0 bridgehead atoms. The van der Waals surface area contributed by atoms with Crippen molar-refractivity contribution in [2.75, 3.05) is 0 Å². The van der Waals surface area contributed by atoms with E-state index < -0.39 is 0 Å². The topological polar surface area (TPSA) is 69.9 Å². The van der Waals surface area contributed by atoms with Crippen LogP contribution in [0.15, 0.2) is 52.9 Å². The summed E-state index contributed by atoms with van der Waals surface area (Å²) in [6, 6.07) is 16.0. The second-order valence-electron chi connectivity index (χ2n) is 5.51. The number of aromatic nitrogens is 3. The third-order valence-electron chi connectivity index (χ3n) is 3.97. The molecule has 5 nitrogen and oxygen atoms in total. The number of nitrogens with zero attached hydrogens (tertiary/aromatic N) is 3. The first-order valence-corrected chi connectivity index (χ1v) is 7.95. The Labute approximate surface area is 155 Å². The smallest absolute Gasteiger partial charge is 0.266 e. The molecule has 0 aliphatic rings. The van der Waals surface area contributed by atoms with Crippen molar-refractivity contribution >= 4 is 34.9 Å². The lowest BCUT2D eigenvalue weighted by Gasteiger charge is -2.09. The Morgan fingerprint density at radius 2 is 1.80 bits per heavy atom. The molecular weight excluding hydrogens is 359 g/mol. The summed E-state index contributed by atoms with van der Waals surface area (Å²) in [6.45, 7) is 2.26. The third kappa shape index (κ3) is 2.91. The Morgan fingerprint density at radius 3 is 2.44 bits per heavy atom. The predicted molar refractivity (Wildman–Crippen MR) is 101 cm³/mol. The first kappa shape index (κ1) is 17.5. The molecule has 2 heterocycles. The standard InChI is InChI=1S/C18H15ClN4O.ClH/c1-11-21-22-18(24-11)17-16(19)14-4-2-3-5-15(14)23(17)13-8-6-12(10-20)7-9-13;/h2-9H,10,20H2,1H3;1H. The van der Waals surface area contributed by atoms with Crippen LogP contribution in [-0.2, 0) is 6.54 Å². The Bertz CT molecular complexity index is 1020. The highest BCUT2D eigenvalue weighted by Gasteiger charge is 2.22. The van der Waals surface area contributed by atoms with Crippen molar-refractivity contribution in [1.29, 1.82) is 0 Å². The number of hydrogen-bond acceptors (Lipinski definition) is 4. The SMILES string of the molecule is Cc1nnc(-c2c(Cl)c3ccccc3n2-c2ccc(CN)cc2)o1.Cl. The Balaban J connectivity index is 0.00000182. The van der Waals surface area contributed by atoms with Gasteiger partial charge in [-0.2, -0.15) is 0 Å². The van der Waals surface area contributed by atoms with E-state index in [0.717, 1.165) is 22.2 Å². The maximum Gasteiger partial charge on any atom is 0.266 e. The van der Waals surface area contributed by atoms with Crippen LogP contribution in [0.5, 0.6) is 0 Å². The zero-order valence-corrected chi connectivity index (χ0v) is 15.0. The highest BCUT2D eigenvalue weighted by atomic mass is 35.5. The van der Waals surface area contributed by atoms with Crippen molar-refractivity contribution < 1.29 is 4.42 Å². The van der Waals surface area contributed by atoms with Crippen LogP contribution in [0, 0.1) is 6.92 Å². The van der Waals surface area contributed by atoms with Gasteiger partial charge in [0.05, 0.1) is 10.5 Å². The number of fused-ring (bicyclic) bond motifs is 1. The molecule has 0 radical (unpaired) electrons. The summed E-state index contributed by atoms with van der Waals surface area (Å²) in [7, 11) is 0. The molecular formula is C18H16Cl2N4O. The van der Waals surface area contributed by atoms with Gasteiger partial charge in [-0.3, -0.25) is 0 Å². The van der Waals surface area contributed by atoms with Gasteiger partial charge >= 0.3 is 0 Å². The summed E-state index contributed by atoms with van der Waals surface area (Å²) in [5.74, 6) is 0.896. The minimum atomic E-state index is 0. The third-order valence-corrected chi connectivity index (χ3v) is 4.35. The molecule has 128 valence electrons. The Hall–Kier alpha value is -2.34. The van der Waals surface area contributed by atoms with Gasteiger partial charge in [0.2, 0.25) is 5.89 Å². The van der Waals surface area contributed by atoms with Gasteiger partial charge in [-0.05, 0) is 23.8 Å². The van der Waals surface area contributed by atoms with E-state index in [1.807, 2.05) is 53.1 Å². The van der Waals surface area contributed by atoms with Crippen LogP contribution in [0.3, 0.4) is 0 Å². The maximum atomic E-state index is 6.65. The van der Waals surface area contributed by atoms with Crippen LogP contribution in [0.1, 0.15) is 11.5 Å². The fraction of sp³-hybridized carbons (Fsp3) is 0.111. The molecule has 25 heavy (non-hydrogen) atoms. The van der Waals surface area contributed by atoms with Crippen LogP contribution in [0.25, 0.3) is 28.2 Å². The molecule has 4 rings (SSSR count). The van der Waals surface area contributed by atoms with E-state index in [4.69, 9.17) is 21.8 Å². The van der Waals surface area contributed by atoms with Crippen LogP contribution >= 0.6 is 24.0 Å². The number of para-hydroxylation sites is 1. The summed E-state index contributed by atoms with van der Waals surface area (Å²) in [5, 5.41) is 9.61. The van der Waals surface area contributed by atoms with Gasteiger partial charge in [0.15, 0.2) is 0 Å². The van der Waals surface area contributed by atoms with Gasteiger partial charge in [0.1, 0.15) is 5.69 Å². The molecule has 0 saturated carbocycles. The van der Waals surface area contributed by atoms with Crippen molar-refractivity contribution in [3.05, 3.63) is 65.0 Å². The van der Waals surface area contributed by atoms with E-state index in [2.05, 4.69) is 10.2 Å². The van der Waals surface area contributed by atoms with Crippen LogP contribution in [0.2, 0.25) is 5.02 Å². The molecule has 4 aromatic rings. The first-order chi connectivity index (χ1) is 11.7. The van der Waals surface area contributed by atoms with Crippen LogP contribution in [-0.4, -0.2) is 14.8 Å². The maximum absolute atomic E-state index is 6.65. The van der Waals surface area contributed by atoms with Crippen molar-refractivity contribution in [1.82, 2.24) is 14.8 Å². The zero-order valence-electron chi connectivity index (χ0n) is 13.4. The van der Waals surface area contributed by atoms with E-state index >= 15 is 0 Å². The van der Waals surface area contributed by atoms with Gasteiger partial charge in [-0.15, -0.1) is 22.6 Å². The van der Waals surface area contributed by atoms with Crippen LogP contribution in [0.4, 0.5) is 0 Å². The number of hydrogen-bond donors (Lipinski definition) is 1. The molecule has 0 unspecified atom stereocenters. The second kappa shape index (κ2) is 6.88. The summed E-state index contributed by atoms with van der Waals surface area (Å²) < 4.78 is 7.67. The Morgan fingerprint density at radius 1 is 1.08 bits per heavy atom. The lowest BCUT2D eigenvalue weighted by molar-refractivity contribution is 0.530. The molecule has 0 fully saturated rings. The van der Waals surface area contributed by atoms with Crippen molar-refractivity contribution in [2.24, 2.45) is 5.73 Å². The molecule has 0 aliphatic carbocycles. The highest BCUT2D eigenvalue weighted by molar-refractivity contribution is 6.38. The summed E-state index contributed by atoms with van der Waals surface area (Å²) in [4.78, 5) is 0. The quantitative estimate of drug-likeness (QED) is 0.572. The van der Waals surface area contributed by atoms with E-state index in [-0.39, 0.29) is 12.4 Å². The fourth-order valence-corrected chi connectivity index (χ4v) is 3.16. The van der Waals surface area contributed by atoms with E-state index in [0.29, 0.717) is 29.0 Å². The average Bonchev–Trinajstić information content (AvgIpc) is 3.17. The molecule has 2 N–H and O–H groups in total. The van der Waals surface area contributed by atoms with E-state index in [9.17, 15) is 0 Å². The van der Waals surface area contributed by atoms with E-state index in [1.54, 1.807) is 6.92 Å². The average molecular weight is 375 g/mol. The first-order valence-electron chi connectivity index (χ1n) is 7.58. The van der Waals surface area contributed by atoms with Gasteiger partial charge in [-0.1, -0.05) is 41.9 Å². The second-order valence-corrected chi connectivity index (χ2v) is 5.89. The van der Waals surface area contributed by atoms with E-state index in [1.165, 1.54) is 0 Å². The van der Waals surface area contributed by atoms with Gasteiger partial charge in [0, 0.05) is 24.5 Å². The number of halogens is 2. The van der Waals surface area contributed by atoms with Crippen molar-refractivity contribution in [3.8, 4) is 17.3 Å². The lowest BCUT2D eigenvalue weighted by atomic mass is 10.2. The number of rotatable bonds is 3. The molecule has 7 heteroatoms.